The van der Waals surface area contributed by atoms with E-state index in [9.17, 15) is 0 Å². The fourth-order valence-corrected chi connectivity index (χ4v) is 1.41. The first-order chi connectivity index (χ1) is 7.29. The second-order valence-corrected chi connectivity index (χ2v) is 3.24. The van der Waals surface area contributed by atoms with Gasteiger partial charge in [0.05, 0.1) is 13.3 Å². The van der Waals surface area contributed by atoms with E-state index >= 15 is 0 Å². The fraction of sp³-hybridized carbons (Fsp3) is 0.0833. The third kappa shape index (κ3) is 2.07. The Hall–Kier alpha value is -2.03. The van der Waals surface area contributed by atoms with Gasteiger partial charge < -0.3 is 10.5 Å². The Morgan fingerprint density at radius 1 is 1.13 bits per heavy atom. The van der Waals surface area contributed by atoms with Crippen LogP contribution in [-0.2, 0) is 0 Å². The van der Waals surface area contributed by atoms with Gasteiger partial charge in [0, 0.05) is 17.4 Å². The fourth-order valence-electron chi connectivity index (χ4n) is 1.41. The lowest BCUT2D eigenvalue weighted by Gasteiger charge is -2.04. The minimum atomic E-state index is 0.745. The second-order valence-electron chi connectivity index (χ2n) is 3.24. The van der Waals surface area contributed by atoms with Crippen LogP contribution in [-0.4, -0.2) is 12.1 Å². The van der Waals surface area contributed by atoms with E-state index in [4.69, 9.17) is 10.5 Å². The highest BCUT2D eigenvalue weighted by atomic mass is 16.5. The number of anilines is 1. The van der Waals surface area contributed by atoms with Crippen LogP contribution in [0.4, 0.5) is 5.69 Å². The summed E-state index contributed by atoms with van der Waals surface area (Å²) in [5, 5.41) is 0. The number of nitrogens with zero attached hydrogens (tertiary/aromatic N) is 1. The number of methoxy groups -OCH3 is 1. The van der Waals surface area contributed by atoms with Crippen molar-refractivity contribution >= 4 is 5.69 Å². The predicted molar refractivity (Wildman–Crippen MR) is 60.6 cm³/mol. The SMILES string of the molecule is COc1cncc(-c2cccc(N)c2)c1. The van der Waals surface area contributed by atoms with Crippen molar-refractivity contribution in [2.45, 2.75) is 0 Å². The molecule has 0 aliphatic rings. The quantitative estimate of drug-likeness (QED) is 0.757. The molecule has 2 N–H and O–H groups in total. The molecule has 0 bridgehead atoms. The molecule has 0 aliphatic carbocycles. The maximum Gasteiger partial charge on any atom is 0.137 e. The van der Waals surface area contributed by atoms with Crippen molar-refractivity contribution < 1.29 is 4.74 Å². The number of nitrogen functional groups attached to an aromatic ring is 1. The summed E-state index contributed by atoms with van der Waals surface area (Å²) in [6, 6.07) is 9.62. The van der Waals surface area contributed by atoms with Gasteiger partial charge in [-0.3, -0.25) is 4.98 Å². The first-order valence-electron chi connectivity index (χ1n) is 4.64. The average molecular weight is 200 g/mol. The highest BCUT2D eigenvalue weighted by Crippen LogP contribution is 2.23. The summed E-state index contributed by atoms with van der Waals surface area (Å²) < 4.78 is 5.11. The molecule has 0 fully saturated rings. The first kappa shape index (κ1) is 9.52. The molecule has 0 radical (unpaired) electrons. The van der Waals surface area contributed by atoms with Crippen LogP contribution in [0.25, 0.3) is 11.1 Å². The van der Waals surface area contributed by atoms with Crippen molar-refractivity contribution in [1.82, 2.24) is 4.98 Å². The van der Waals surface area contributed by atoms with Gasteiger partial charge in [-0.05, 0) is 23.8 Å². The second kappa shape index (κ2) is 4.00. The first-order valence-corrected chi connectivity index (χ1v) is 4.64. The normalized spacial score (nSPS) is 9.93. The van der Waals surface area contributed by atoms with Gasteiger partial charge in [-0.15, -0.1) is 0 Å². The number of rotatable bonds is 2. The maximum absolute atomic E-state index is 5.71. The molecule has 3 heteroatoms. The molecule has 0 aliphatic heterocycles. The van der Waals surface area contributed by atoms with Crippen molar-refractivity contribution in [3.8, 4) is 16.9 Å². The summed E-state index contributed by atoms with van der Waals surface area (Å²) in [4.78, 5) is 4.10. The van der Waals surface area contributed by atoms with Crippen molar-refractivity contribution in [2.75, 3.05) is 12.8 Å². The number of hydrogen-bond donors (Lipinski definition) is 1. The molecular formula is C12H12N2O. The Morgan fingerprint density at radius 3 is 2.73 bits per heavy atom. The zero-order valence-corrected chi connectivity index (χ0v) is 8.47. The van der Waals surface area contributed by atoms with E-state index in [0.717, 1.165) is 22.6 Å². The molecule has 0 atom stereocenters. The number of benzene rings is 1. The van der Waals surface area contributed by atoms with Gasteiger partial charge in [-0.1, -0.05) is 12.1 Å². The Kier molecular flexibility index (Phi) is 2.54. The van der Waals surface area contributed by atoms with Crippen LogP contribution >= 0.6 is 0 Å². The van der Waals surface area contributed by atoms with Gasteiger partial charge in [0.2, 0.25) is 0 Å². The molecule has 15 heavy (non-hydrogen) atoms. The molecule has 76 valence electrons. The molecule has 0 saturated heterocycles. The minimum absolute atomic E-state index is 0.745. The molecular weight excluding hydrogens is 188 g/mol. The third-order valence-corrected chi connectivity index (χ3v) is 2.17. The minimum Gasteiger partial charge on any atom is -0.495 e. The number of ether oxygens (including phenoxy) is 1. The highest BCUT2D eigenvalue weighted by Gasteiger charge is 2.00. The van der Waals surface area contributed by atoms with Crippen LogP contribution in [0.3, 0.4) is 0 Å². The van der Waals surface area contributed by atoms with Crippen molar-refractivity contribution in [3.05, 3.63) is 42.7 Å². The van der Waals surface area contributed by atoms with Crippen LogP contribution < -0.4 is 10.5 Å². The van der Waals surface area contributed by atoms with Gasteiger partial charge in [0.25, 0.3) is 0 Å². The molecule has 1 heterocycles. The summed E-state index contributed by atoms with van der Waals surface area (Å²) in [5.74, 6) is 0.745. The Morgan fingerprint density at radius 2 is 2.00 bits per heavy atom. The van der Waals surface area contributed by atoms with Crippen LogP contribution in [0.15, 0.2) is 42.7 Å². The molecule has 0 amide bonds. The van der Waals surface area contributed by atoms with Crippen LogP contribution in [0.5, 0.6) is 5.75 Å². The zero-order valence-electron chi connectivity index (χ0n) is 8.47. The monoisotopic (exact) mass is 200 g/mol. The lowest BCUT2D eigenvalue weighted by Crippen LogP contribution is -1.88. The zero-order chi connectivity index (χ0) is 10.7. The molecule has 3 nitrogen and oxygen atoms in total. The van der Waals surface area contributed by atoms with E-state index in [-0.39, 0.29) is 0 Å². The summed E-state index contributed by atoms with van der Waals surface area (Å²) in [6.07, 6.45) is 3.47. The van der Waals surface area contributed by atoms with Crippen molar-refractivity contribution in [1.29, 1.82) is 0 Å². The van der Waals surface area contributed by atoms with E-state index in [1.54, 1.807) is 19.5 Å². The van der Waals surface area contributed by atoms with E-state index in [1.165, 1.54) is 0 Å². The van der Waals surface area contributed by atoms with Crippen LogP contribution in [0.2, 0.25) is 0 Å². The lowest BCUT2D eigenvalue weighted by molar-refractivity contribution is 0.413. The standard InChI is InChI=1S/C12H12N2O/c1-15-12-6-10(7-14-8-12)9-3-2-4-11(13)5-9/h2-8H,13H2,1H3. The van der Waals surface area contributed by atoms with Crippen molar-refractivity contribution in [2.24, 2.45) is 0 Å². The smallest absolute Gasteiger partial charge is 0.137 e. The van der Waals surface area contributed by atoms with Gasteiger partial charge in [0.15, 0.2) is 0 Å². The summed E-state index contributed by atoms with van der Waals surface area (Å²) in [5.41, 5.74) is 8.50. The third-order valence-electron chi connectivity index (χ3n) is 2.17. The topological polar surface area (TPSA) is 48.1 Å². The van der Waals surface area contributed by atoms with Crippen LogP contribution in [0, 0.1) is 0 Å². The van der Waals surface area contributed by atoms with Crippen LogP contribution in [0.1, 0.15) is 0 Å². The number of pyridine rings is 1. The molecule has 1 aromatic heterocycles. The molecule has 0 saturated carbocycles. The van der Waals surface area contributed by atoms with E-state index in [0.29, 0.717) is 0 Å². The predicted octanol–water partition coefficient (Wildman–Crippen LogP) is 2.34. The van der Waals surface area contributed by atoms with Gasteiger partial charge in [-0.2, -0.15) is 0 Å². The summed E-state index contributed by atoms with van der Waals surface area (Å²) in [7, 11) is 1.63. The summed E-state index contributed by atoms with van der Waals surface area (Å²) in [6.45, 7) is 0. The van der Waals surface area contributed by atoms with Gasteiger partial charge >= 0.3 is 0 Å². The lowest BCUT2D eigenvalue weighted by atomic mass is 10.1. The van der Waals surface area contributed by atoms with Gasteiger partial charge in [0.1, 0.15) is 5.75 Å². The molecule has 1 aromatic carbocycles. The highest BCUT2D eigenvalue weighted by molar-refractivity contribution is 5.67. The average Bonchev–Trinajstić information content (AvgIpc) is 2.29. The number of hydrogen-bond acceptors (Lipinski definition) is 3. The van der Waals surface area contributed by atoms with E-state index in [1.807, 2.05) is 30.3 Å². The Balaban J connectivity index is 2.44. The molecule has 0 unspecified atom stereocenters. The molecule has 2 aromatic rings. The van der Waals surface area contributed by atoms with Crippen molar-refractivity contribution in [3.63, 3.8) is 0 Å². The number of nitrogens with two attached hydrogens (primary N) is 1. The van der Waals surface area contributed by atoms with Gasteiger partial charge in [-0.25, -0.2) is 0 Å². The molecule has 2 rings (SSSR count). The Labute approximate surface area is 88.5 Å². The van der Waals surface area contributed by atoms with E-state index < -0.39 is 0 Å². The Bertz CT molecular complexity index is 469. The van der Waals surface area contributed by atoms with E-state index in [2.05, 4.69) is 4.98 Å². The maximum atomic E-state index is 5.71. The molecule has 0 spiro atoms. The largest absolute Gasteiger partial charge is 0.495 e. The summed E-state index contributed by atoms with van der Waals surface area (Å²) >= 11 is 0. The number of aromatic nitrogens is 1.